The first-order valence-corrected chi connectivity index (χ1v) is 9.35. The van der Waals surface area contributed by atoms with Crippen LogP contribution in [0.2, 0.25) is 10.0 Å². The van der Waals surface area contributed by atoms with Crippen molar-refractivity contribution in [2.24, 2.45) is 0 Å². The molecule has 3 rings (SSSR count). The van der Waals surface area contributed by atoms with Gasteiger partial charge in [0.2, 0.25) is 0 Å². The molecular formula is C16H8BrCl2NO2S2. The highest BCUT2D eigenvalue weighted by atomic mass is 79.9. The van der Waals surface area contributed by atoms with Gasteiger partial charge in [-0.3, -0.25) is 9.69 Å². The van der Waals surface area contributed by atoms with Crippen molar-refractivity contribution >= 4 is 85.1 Å². The number of carbonyl (C=O) groups excluding carboxylic acids is 1. The topological polar surface area (TPSA) is 40.5 Å². The number of carbonyl (C=O) groups is 1. The summed E-state index contributed by atoms with van der Waals surface area (Å²) in [5.41, 5.74) is 1.30. The van der Waals surface area contributed by atoms with E-state index in [1.54, 1.807) is 6.08 Å². The molecule has 1 fully saturated rings. The number of hydrogen-bond acceptors (Lipinski definition) is 4. The van der Waals surface area contributed by atoms with Crippen molar-refractivity contribution in [3.05, 3.63) is 61.4 Å². The van der Waals surface area contributed by atoms with E-state index in [-0.39, 0.29) is 21.7 Å². The largest absolute Gasteiger partial charge is 0.505 e. The van der Waals surface area contributed by atoms with Crippen LogP contribution in [0.5, 0.6) is 5.75 Å². The molecule has 0 radical (unpaired) electrons. The summed E-state index contributed by atoms with van der Waals surface area (Å²) in [4.78, 5) is 14.6. The Bertz CT molecular complexity index is 878. The van der Waals surface area contributed by atoms with E-state index in [0.29, 0.717) is 20.5 Å². The molecule has 0 unspecified atom stereocenters. The van der Waals surface area contributed by atoms with Crippen molar-refractivity contribution < 1.29 is 9.90 Å². The molecule has 8 heteroatoms. The average Bonchev–Trinajstić information content (AvgIpc) is 2.79. The normalized spacial score (nSPS) is 16.3. The fourth-order valence-corrected chi connectivity index (χ4v) is 4.32. The first-order chi connectivity index (χ1) is 11.4. The third-order valence-electron chi connectivity index (χ3n) is 3.20. The molecular weight excluding hydrogens is 453 g/mol. The molecule has 1 amide bonds. The number of aromatic hydroxyl groups is 1. The molecule has 1 aliphatic heterocycles. The van der Waals surface area contributed by atoms with Crippen molar-refractivity contribution in [1.82, 2.24) is 0 Å². The van der Waals surface area contributed by atoms with E-state index in [2.05, 4.69) is 15.9 Å². The highest BCUT2D eigenvalue weighted by Gasteiger charge is 2.33. The first kappa shape index (κ1) is 17.8. The number of benzene rings is 2. The van der Waals surface area contributed by atoms with Gasteiger partial charge in [-0.25, -0.2) is 0 Å². The second-order valence-electron chi connectivity index (χ2n) is 4.83. The Hall–Kier alpha value is -1.05. The number of phenols is 1. The molecule has 0 atom stereocenters. The molecule has 1 aliphatic rings. The molecule has 0 aliphatic carbocycles. The summed E-state index contributed by atoms with van der Waals surface area (Å²) >= 11 is 21.7. The van der Waals surface area contributed by atoms with Crippen LogP contribution in [-0.2, 0) is 4.79 Å². The Balaban J connectivity index is 1.97. The third kappa shape index (κ3) is 3.48. The number of hydrogen-bond donors (Lipinski definition) is 1. The van der Waals surface area contributed by atoms with Gasteiger partial charge in [-0.15, -0.1) is 0 Å². The van der Waals surface area contributed by atoms with Gasteiger partial charge in [-0.2, -0.15) is 0 Å². The molecule has 0 spiro atoms. The predicted octanol–water partition coefficient (Wildman–Crippen LogP) is 5.87. The van der Waals surface area contributed by atoms with Gasteiger partial charge >= 0.3 is 0 Å². The maximum atomic E-state index is 12.7. The van der Waals surface area contributed by atoms with Gasteiger partial charge in [-0.05, 0) is 42.0 Å². The van der Waals surface area contributed by atoms with Crippen molar-refractivity contribution in [2.45, 2.75) is 0 Å². The van der Waals surface area contributed by atoms with E-state index >= 15 is 0 Å². The monoisotopic (exact) mass is 459 g/mol. The van der Waals surface area contributed by atoms with Gasteiger partial charge in [-0.1, -0.05) is 69.2 Å². The number of phenolic OH excluding ortho intramolecular Hbond substituents is 1. The smallest absolute Gasteiger partial charge is 0.270 e. The summed E-state index contributed by atoms with van der Waals surface area (Å²) in [6.45, 7) is 0. The fourth-order valence-electron chi connectivity index (χ4n) is 2.13. The number of nitrogens with zero attached hydrogens (tertiary/aromatic N) is 1. The Morgan fingerprint density at radius 1 is 1.21 bits per heavy atom. The second kappa shape index (κ2) is 7.06. The van der Waals surface area contributed by atoms with E-state index < -0.39 is 0 Å². The van der Waals surface area contributed by atoms with Crippen LogP contribution in [0.25, 0.3) is 6.08 Å². The summed E-state index contributed by atoms with van der Waals surface area (Å²) in [6, 6.07) is 10.4. The van der Waals surface area contributed by atoms with Crippen LogP contribution in [0.4, 0.5) is 5.69 Å². The van der Waals surface area contributed by atoms with E-state index in [1.807, 2.05) is 24.3 Å². The second-order valence-corrected chi connectivity index (χ2v) is 8.24. The summed E-state index contributed by atoms with van der Waals surface area (Å²) in [5, 5.41) is 9.86. The standard InChI is InChI=1S/C16H8BrCl2NO2S2/c17-9-2-1-3-10(7-9)20-15(22)13(24-16(20)23)6-8-4-11(18)14(21)12(19)5-8/h1-7,21H. The van der Waals surface area contributed by atoms with Crippen molar-refractivity contribution in [3.63, 3.8) is 0 Å². The zero-order valence-electron chi connectivity index (χ0n) is 11.8. The number of thioether (sulfide) groups is 1. The van der Waals surface area contributed by atoms with Crippen LogP contribution < -0.4 is 4.90 Å². The highest BCUT2D eigenvalue weighted by molar-refractivity contribution is 9.10. The van der Waals surface area contributed by atoms with Gasteiger partial charge in [0, 0.05) is 4.47 Å². The SMILES string of the molecule is O=C1C(=Cc2cc(Cl)c(O)c(Cl)c2)SC(=S)N1c1cccc(Br)c1. The molecule has 0 aromatic heterocycles. The van der Waals surface area contributed by atoms with E-state index in [9.17, 15) is 9.90 Å². The van der Waals surface area contributed by atoms with Crippen LogP contribution in [0.1, 0.15) is 5.56 Å². The molecule has 1 saturated heterocycles. The molecule has 2 aromatic rings. The van der Waals surface area contributed by atoms with E-state index in [4.69, 9.17) is 35.4 Å². The van der Waals surface area contributed by atoms with Crippen LogP contribution >= 0.6 is 63.1 Å². The Morgan fingerprint density at radius 2 is 1.88 bits per heavy atom. The molecule has 1 N–H and O–H groups in total. The summed E-state index contributed by atoms with van der Waals surface area (Å²) in [7, 11) is 0. The van der Waals surface area contributed by atoms with Crippen LogP contribution in [0.15, 0.2) is 45.8 Å². The lowest BCUT2D eigenvalue weighted by atomic mass is 10.2. The molecule has 122 valence electrons. The number of halogens is 3. The van der Waals surface area contributed by atoms with Crippen molar-refractivity contribution in [3.8, 4) is 5.75 Å². The van der Waals surface area contributed by atoms with Gasteiger partial charge in [0.1, 0.15) is 0 Å². The van der Waals surface area contributed by atoms with Gasteiger partial charge in [0.15, 0.2) is 10.1 Å². The van der Waals surface area contributed by atoms with Gasteiger partial charge < -0.3 is 5.11 Å². The number of rotatable bonds is 2. The first-order valence-electron chi connectivity index (χ1n) is 6.58. The van der Waals surface area contributed by atoms with Crippen LogP contribution in [-0.4, -0.2) is 15.3 Å². The summed E-state index contributed by atoms with van der Waals surface area (Å²) in [6.07, 6.45) is 1.65. The average molecular weight is 461 g/mol. The molecule has 0 bridgehead atoms. The van der Waals surface area contributed by atoms with E-state index in [1.165, 1.54) is 28.8 Å². The summed E-state index contributed by atoms with van der Waals surface area (Å²) in [5.74, 6) is -0.402. The Kier molecular flexibility index (Phi) is 5.22. The fraction of sp³-hybridized carbons (Fsp3) is 0. The number of amides is 1. The highest BCUT2D eigenvalue weighted by Crippen LogP contribution is 2.38. The maximum absolute atomic E-state index is 12.7. The molecule has 3 nitrogen and oxygen atoms in total. The molecule has 1 heterocycles. The van der Waals surface area contributed by atoms with Crippen molar-refractivity contribution in [2.75, 3.05) is 4.90 Å². The number of thiocarbonyl (C=S) groups is 1. The van der Waals surface area contributed by atoms with Gasteiger partial charge in [0.05, 0.1) is 20.6 Å². The predicted molar refractivity (Wildman–Crippen MR) is 108 cm³/mol. The van der Waals surface area contributed by atoms with Gasteiger partial charge in [0.25, 0.3) is 5.91 Å². The molecule has 2 aromatic carbocycles. The number of anilines is 1. The summed E-state index contributed by atoms with van der Waals surface area (Å²) < 4.78 is 1.30. The zero-order valence-corrected chi connectivity index (χ0v) is 16.5. The third-order valence-corrected chi connectivity index (χ3v) is 5.57. The Morgan fingerprint density at radius 3 is 2.50 bits per heavy atom. The minimum Gasteiger partial charge on any atom is -0.505 e. The quantitative estimate of drug-likeness (QED) is 0.449. The lowest BCUT2D eigenvalue weighted by Gasteiger charge is -2.14. The molecule has 0 saturated carbocycles. The minimum atomic E-state index is -0.219. The van der Waals surface area contributed by atoms with Crippen LogP contribution in [0.3, 0.4) is 0 Å². The maximum Gasteiger partial charge on any atom is 0.270 e. The lowest BCUT2D eigenvalue weighted by molar-refractivity contribution is -0.113. The lowest BCUT2D eigenvalue weighted by Crippen LogP contribution is -2.27. The zero-order chi connectivity index (χ0) is 17.4. The van der Waals surface area contributed by atoms with Crippen molar-refractivity contribution in [1.29, 1.82) is 0 Å². The minimum absolute atomic E-state index is 0.121. The Labute approximate surface area is 166 Å². The van der Waals surface area contributed by atoms with Crippen LogP contribution in [0, 0.1) is 0 Å². The molecule has 24 heavy (non-hydrogen) atoms. The van der Waals surface area contributed by atoms with E-state index in [0.717, 1.165) is 4.47 Å².